The van der Waals surface area contributed by atoms with Crippen LogP contribution in [0.25, 0.3) is 0 Å². The third-order valence-electron chi connectivity index (χ3n) is 15.6. The molecule has 0 saturated carbocycles. The van der Waals surface area contributed by atoms with Crippen molar-refractivity contribution in [3.63, 3.8) is 0 Å². The summed E-state index contributed by atoms with van der Waals surface area (Å²) in [5.41, 5.74) is 0. The van der Waals surface area contributed by atoms with Crippen LogP contribution in [0.4, 0.5) is 0 Å². The second kappa shape index (κ2) is 62.1. The number of hydrogen-bond donors (Lipinski definition) is 3. The highest BCUT2D eigenvalue weighted by molar-refractivity contribution is 5.76. The van der Waals surface area contributed by atoms with Crippen molar-refractivity contribution in [3.05, 3.63) is 12.2 Å². The van der Waals surface area contributed by atoms with Crippen LogP contribution in [0.1, 0.15) is 373 Å². The van der Waals surface area contributed by atoms with Crippen molar-refractivity contribution in [2.45, 2.75) is 386 Å². The fraction of sp³-hybridized carbons (Fsp3) is 0.939. The molecule has 0 spiro atoms. The Balaban J connectivity index is 3.35. The molecule has 3 N–H and O–H groups in total. The molecule has 0 rings (SSSR count). The number of ether oxygens (including phenoxy) is 1. The lowest BCUT2D eigenvalue weighted by molar-refractivity contribution is -0.143. The van der Waals surface area contributed by atoms with Gasteiger partial charge in [-0.2, -0.15) is 0 Å². The Morgan fingerprint density at radius 3 is 0.986 bits per heavy atom. The van der Waals surface area contributed by atoms with Crippen LogP contribution in [0.5, 0.6) is 0 Å². The predicted octanol–water partition coefficient (Wildman–Crippen LogP) is 20.8. The molecule has 0 aliphatic carbocycles. The Bertz CT molecular complexity index is 1080. The summed E-state index contributed by atoms with van der Waals surface area (Å²) in [7, 11) is 0. The fourth-order valence-electron chi connectivity index (χ4n) is 10.5. The largest absolute Gasteiger partial charge is 0.466 e. The first-order valence-electron chi connectivity index (χ1n) is 32.9. The van der Waals surface area contributed by atoms with E-state index in [9.17, 15) is 19.8 Å². The Labute approximate surface area is 450 Å². The van der Waals surface area contributed by atoms with Crippen LogP contribution in [-0.4, -0.2) is 47.4 Å². The van der Waals surface area contributed by atoms with Gasteiger partial charge in [-0.15, -0.1) is 0 Å². The van der Waals surface area contributed by atoms with E-state index in [0.29, 0.717) is 25.9 Å². The molecule has 0 aromatic heterocycles. The predicted molar refractivity (Wildman–Crippen MR) is 315 cm³/mol. The molecule has 0 aliphatic heterocycles. The van der Waals surface area contributed by atoms with E-state index in [2.05, 4.69) is 31.3 Å². The number of rotatable bonds is 62. The van der Waals surface area contributed by atoms with Crippen molar-refractivity contribution >= 4 is 11.9 Å². The molecule has 72 heavy (non-hydrogen) atoms. The summed E-state index contributed by atoms with van der Waals surface area (Å²) in [5.74, 6) is -0.0151. The first-order valence-corrected chi connectivity index (χ1v) is 32.9. The Morgan fingerprint density at radius 1 is 0.375 bits per heavy atom. The third kappa shape index (κ3) is 57.9. The number of aliphatic hydroxyl groups is 2. The molecule has 428 valence electrons. The number of nitrogens with one attached hydrogen (secondary N) is 1. The highest BCUT2D eigenvalue weighted by Crippen LogP contribution is 2.18. The molecule has 2 unspecified atom stereocenters. The van der Waals surface area contributed by atoms with E-state index in [1.165, 1.54) is 302 Å². The van der Waals surface area contributed by atoms with Crippen LogP contribution in [-0.2, 0) is 14.3 Å². The summed E-state index contributed by atoms with van der Waals surface area (Å²) in [6.07, 6.45) is 75.3. The Morgan fingerprint density at radius 2 is 0.653 bits per heavy atom. The van der Waals surface area contributed by atoms with E-state index in [1.54, 1.807) is 0 Å². The van der Waals surface area contributed by atoms with Crippen molar-refractivity contribution in [1.29, 1.82) is 0 Å². The molecule has 0 heterocycles. The molecule has 0 aromatic carbocycles. The van der Waals surface area contributed by atoms with Gasteiger partial charge in [0.1, 0.15) is 0 Å². The topological polar surface area (TPSA) is 95.9 Å². The van der Waals surface area contributed by atoms with Crippen molar-refractivity contribution in [2.24, 2.45) is 0 Å². The lowest BCUT2D eigenvalue weighted by atomic mass is 10.0. The number of unbranched alkanes of at least 4 members (excludes halogenated alkanes) is 49. The minimum atomic E-state index is -0.663. The van der Waals surface area contributed by atoms with Gasteiger partial charge in [0.15, 0.2) is 0 Å². The zero-order chi connectivity index (χ0) is 52.2. The maximum absolute atomic E-state index is 12.5. The molecule has 0 bridgehead atoms. The van der Waals surface area contributed by atoms with Crippen LogP contribution in [0.15, 0.2) is 12.2 Å². The molecular weight excluding hydrogens is 887 g/mol. The molecule has 0 saturated heterocycles. The van der Waals surface area contributed by atoms with Gasteiger partial charge in [-0.05, 0) is 51.4 Å². The molecule has 0 aromatic rings. The molecular formula is C66H129NO5. The Kier molecular flexibility index (Phi) is 60.9. The van der Waals surface area contributed by atoms with Crippen LogP contribution in [0.3, 0.4) is 0 Å². The van der Waals surface area contributed by atoms with E-state index in [-0.39, 0.29) is 18.5 Å². The minimum Gasteiger partial charge on any atom is -0.466 e. The van der Waals surface area contributed by atoms with E-state index in [4.69, 9.17) is 4.74 Å². The average Bonchev–Trinajstić information content (AvgIpc) is 3.38. The van der Waals surface area contributed by atoms with Crippen LogP contribution >= 0.6 is 0 Å². The highest BCUT2D eigenvalue weighted by Gasteiger charge is 2.20. The molecule has 0 fully saturated rings. The third-order valence-corrected chi connectivity index (χ3v) is 15.6. The number of allylic oxidation sites excluding steroid dienone is 2. The summed E-state index contributed by atoms with van der Waals surface area (Å²) >= 11 is 0. The van der Waals surface area contributed by atoms with Crippen molar-refractivity contribution in [1.82, 2.24) is 5.32 Å². The normalized spacial score (nSPS) is 12.6. The second-order valence-electron chi connectivity index (χ2n) is 22.8. The maximum Gasteiger partial charge on any atom is 0.305 e. The molecule has 6 nitrogen and oxygen atoms in total. The number of amides is 1. The first-order chi connectivity index (χ1) is 35.5. The number of aliphatic hydroxyl groups excluding tert-OH is 2. The lowest BCUT2D eigenvalue weighted by Gasteiger charge is -2.22. The van der Waals surface area contributed by atoms with E-state index < -0.39 is 12.1 Å². The van der Waals surface area contributed by atoms with Gasteiger partial charge in [-0.3, -0.25) is 9.59 Å². The van der Waals surface area contributed by atoms with Crippen molar-refractivity contribution < 1.29 is 24.5 Å². The van der Waals surface area contributed by atoms with E-state index in [0.717, 1.165) is 38.5 Å². The van der Waals surface area contributed by atoms with Gasteiger partial charge < -0.3 is 20.3 Å². The maximum atomic E-state index is 12.5. The van der Waals surface area contributed by atoms with E-state index >= 15 is 0 Å². The van der Waals surface area contributed by atoms with Gasteiger partial charge in [0.25, 0.3) is 0 Å². The fourth-order valence-corrected chi connectivity index (χ4v) is 10.5. The number of esters is 1. The lowest BCUT2D eigenvalue weighted by Crippen LogP contribution is -2.45. The minimum absolute atomic E-state index is 0.0187. The molecule has 1 amide bonds. The molecule has 0 aliphatic rings. The summed E-state index contributed by atoms with van der Waals surface area (Å²) in [4.78, 5) is 24.5. The summed E-state index contributed by atoms with van der Waals surface area (Å²) in [6, 6.07) is -0.540. The van der Waals surface area contributed by atoms with Gasteiger partial charge in [0.2, 0.25) is 5.91 Å². The average molecular weight is 1020 g/mol. The molecule has 2 atom stereocenters. The summed E-state index contributed by atoms with van der Waals surface area (Å²) < 4.78 is 5.49. The zero-order valence-electron chi connectivity index (χ0n) is 48.9. The first kappa shape index (κ1) is 70.6. The van der Waals surface area contributed by atoms with Gasteiger partial charge >= 0.3 is 5.97 Å². The highest BCUT2D eigenvalue weighted by atomic mass is 16.5. The van der Waals surface area contributed by atoms with Crippen LogP contribution in [0, 0.1) is 0 Å². The second-order valence-corrected chi connectivity index (χ2v) is 22.8. The van der Waals surface area contributed by atoms with Crippen molar-refractivity contribution in [2.75, 3.05) is 13.2 Å². The SMILES string of the molecule is CCCCCCCCCCCCCCCCCC(=O)OCCCCCCCCCCCCCC/C=C\CCCCCCCCCCCCCC(=O)NC(CO)C(O)CCCCCCCCCCCCCCC. The number of carbonyl (C=O) groups excluding carboxylic acids is 2. The summed E-state index contributed by atoms with van der Waals surface area (Å²) in [6.45, 7) is 4.98. The van der Waals surface area contributed by atoms with Crippen LogP contribution in [0.2, 0.25) is 0 Å². The smallest absolute Gasteiger partial charge is 0.305 e. The van der Waals surface area contributed by atoms with E-state index in [1.807, 2.05) is 0 Å². The van der Waals surface area contributed by atoms with Gasteiger partial charge in [-0.25, -0.2) is 0 Å². The van der Waals surface area contributed by atoms with Gasteiger partial charge in [-0.1, -0.05) is 321 Å². The standard InChI is InChI=1S/C66H129NO5/c1-3-5-7-9-11-13-15-17-31-36-40-44-48-52-56-60-66(71)72-61-57-53-49-45-41-37-33-30-28-26-24-22-20-18-19-21-23-25-27-29-32-35-39-43-47-51-55-59-65(70)67-63(62-68)64(69)58-54-50-46-42-38-34-16-14-12-10-8-6-4-2/h18-19,63-64,68-69H,3-17,20-62H2,1-2H3,(H,67,70)/b19-18-. The summed E-state index contributed by atoms with van der Waals surface area (Å²) in [5, 5.41) is 23.3. The molecule has 0 radical (unpaired) electrons. The molecule has 6 heteroatoms. The zero-order valence-corrected chi connectivity index (χ0v) is 48.9. The number of carbonyl (C=O) groups is 2. The number of hydrogen-bond acceptors (Lipinski definition) is 5. The van der Waals surface area contributed by atoms with Gasteiger partial charge in [0, 0.05) is 12.8 Å². The van der Waals surface area contributed by atoms with Gasteiger partial charge in [0.05, 0.1) is 25.4 Å². The van der Waals surface area contributed by atoms with Crippen LogP contribution < -0.4 is 5.32 Å². The Hall–Kier alpha value is -1.40. The monoisotopic (exact) mass is 1020 g/mol. The quantitative estimate of drug-likeness (QED) is 0.0320. The van der Waals surface area contributed by atoms with Crippen molar-refractivity contribution in [3.8, 4) is 0 Å².